The molecule has 0 aromatic carbocycles. The first kappa shape index (κ1) is 12.0. The van der Waals surface area contributed by atoms with Crippen LogP contribution >= 0.6 is 0 Å². The van der Waals surface area contributed by atoms with Crippen LogP contribution in [0.25, 0.3) is 0 Å². The van der Waals surface area contributed by atoms with E-state index in [0.717, 1.165) is 0 Å². The highest BCUT2D eigenvalue weighted by molar-refractivity contribution is 5.92. The zero-order valence-electron chi connectivity index (χ0n) is 8.80. The number of rotatable bonds is 5. The Morgan fingerprint density at radius 3 is 2.81 bits per heavy atom. The van der Waals surface area contributed by atoms with Crippen LogP contribution in [0.3, 0.4) is 0 Å². The molecule has 0 spiro atoms. The van der Waals surface area contributed by atoms with Gasteiger partial charge in [0.25, 0.3) is 0 Å². The van der Waals surface area contributed by atoms with Crippen LogP contribution in [0, 0.1) is 11.3 Å². The fourth-order valence-electron chi connectivity index (χ4n) is 0.918. The summed E-state index contributed by atoms with van der Waals surface area (Å²) in [6.07, 6.45) is 1.41. The van der Waals surface area contributed by atoms with Crippen molar-refractivity contribution in [3.63, 3.8) is 0 Å². The summed E-state index contributed by atoms with van der Waals surface area (Å²) < 4.78 is 5.21. The molecule has 16 heavy (non-hydrogen) atoms. The van der Waals surface area contributed by atoms with Crippen molar-refractivity contribution >= 4 is 11.8 Å². The topological polar surface area (TPSA) is 109 Å². The summed E-state index contributed by atoms with van der Waals surface area (Å²) in [6.45, 7) is 1.64. The van der Waals surface area contributed by atoms with Gasteiger partial charge >= 0.3 is 5.97 Å². The number of amidine groups is 1. The van der Waals surface area contributed by atoms with Crippen molar-refractivity contribution in [2.75, 3.05) is 6.61 Å². The highest BCUT2D eigenvalue weighted by Crippen LogP contribution is 2.10. The molecule has 0 aliphatic heterocycles. The van der Waals surface area contributed by atoms with E-state index < -0.39 is 11.9 Å². The largest absolute Gasteiger partial charge is 0.491 e. The van der Waals surface area contributed by atoms with Crippen molar-refractivity contribution in [2.24, 2.45) is 11.7 Å². The second kappa shape index (κ2) is 5.11. The van der Waals surface area contributed by atoms with Crippen molar-refractivity contribution in [1.82, 2.24) is 4.98 Å². The number of carboxylic acids is 1. The molecule has 1 atom stereocenters. The lowest BCUT2D eigenvalue weighted by Crippen LogP contribution is -2.18. The van der Waals surface area contributed by atoms with E-state index in [1.807, 2.05) is 0 Å². The fraction of sp³-hybridized carbons (Fsp3) is 0.300. The molecule has 0 saturated heterocycles. The number of hydrogen-bond acceptors (Lipinski definition) is 4. The molecule has 0 amide bonds. The van der Waals surface area contributed by atoms with E-state index in [0.29, 0.717) is 11.4 Å². The summed E-state index contributed by atoms with van der Waals surface area (Å²) >= 11 is 0. The van der Waals surface area contributed by atoms with E-state index >= 15 is 0 Å². The maximum atomic E-state index is 10.5. The van der Waals surface area contributed by atoms with Crippen LogP contribution in [0.2, 0.25) is 0 Å². The normalized spacial score (nSPS) is 11.8. The number of nitrogens with two attached hydrogens (primary N) is 1. The molecular weight excluding hydrogens is 210 g/mol. The predicted molar refractivity (Wildman–Crippen MR) is 57.5 cm³/mol. The van der Waals surface area contributed by atoms with Gasteiger partial charge in [-0.2, -0.15) is 0 Å². The van der Waals surface area contributed by atoms with E-state index in [1.54, 1.807) is 19.1 Å². The van der Waals surface area contributed by atoms with E-state index in [9.17, 15) is 4.79 Å². The van der Waals surface area contributed by atoms with Gasteiger partial charge in [0, 0.05) is 0 Å². The van der Waals surface area contributed by atoms with Gasteiger partial charge in [0.1, 0.15) is 23.9 Å². The Bertz CT molecular complexity index is 389. The van der Waals surface area contributed by atoms with Gasteiger partial charge in [-0.15, -0.1) is 0 Å². The van der Waals surface area contributed by atoms with Crippen molar-refractivity contribution in [3.05, 3.63) is 24.0 Å². The van der Waals surface area contributed by atoms with E-state index in [4.69, 9.17) is 21.0 Å². The molecule has 1 heterocycles. The lowest BCUT2D eigenvalue weighted by Gasteiger charge is -2.08. The number of ether oxygens (including phenoxy) is 1. The zero-order valence-corrected chi connectivity index (χ0v) is 8.80. The Morgan fingerprint density at radius 1 is 1.69 bits per heavy atom. The van der Waals surface area contributed by atoms with Crippen LogP contribution in [-0.2, 0) is 4.79 Å². The molecule has 1 aromatic rings. The van der Waals surface area contributed by atoms with Gasteiger partial charge in [-0.3, -0.25) is 10.2 Å². The molecule has 0 fully saturated rings. The SMILES string of the molecule is C[C@@H](COc1ccc(C(=N)N)nc1)C(=O)O. The number of nitrogen functional groups attached to an aromatic ring is 1. The smallest absolute Gasteiger partial charge is 0.309 e. The molecule has 0 unspecified atom stereocenters. The van der Waals surface area contributed by atoms with Crippen LogP contribution in [0.5, 0.6) is 5.75 Å². The summed E-state index contributed by atoms with van der Waals surface area (Å²) in [7, 11) is 0. The standard InChI is InChI=1S/C10H13N3O3/c1-6(10(14)15)5-16-7-2-3-8(9(11)12)13-4-7/h2-4,6H,5H2,1H3,(H3,11,12)(H,14,15)/t6-/m0/s1. The van der Waals surface area contributed by atoms with E-state index in [-0.39, 0.29) is 12.4 Å². The first-order valence-corrected chi connectivity index (χ1v) is 4.66. The van der Waals surface area contributed by atoms with Crippen LogP contribution in [0.4, 0.5) is 0 Å². The molecule has 1 aromatic heterocycles. The number of carboxylic acid groups (broad SMARTS) is 1. The average molecular weight is 223 g/mol. The molecule has 0 saturated carbocycles. The van der Waals surface area contributed by atoms with Gasteiger partial charge in [0.2, 0.25) is 0 Å². The third-order valence-corrected chi connectivity index (χ3v) is 1.93. The van der Waals surface area contributed by atoms with Crippen molar-refractivity contribution in [3.8, 4) is 5.75 Å². The average Bonchev–Trinajstić information content (AvgIpc) is 2.26. The van der Waals surface area contributed by atoms with Crippen LogP contribution in [0.1, 0.15) is 12.6 Å². The van der Waals surface area contributed by atoms with Crippen molar-refractivity contribution in [1.29, 1.82) is 5.41 Å². The molecule has 86 valence electrons. The molecule has 0 aliphatic rings. The first-order valence-electron chi connectivity index (χ1n) is 4.66. The fourth-order valence-corrected chi connectivity index (χ4v) is 0.918. The minimum absolute atomic E-state index is 0.0798. The second-order valence-electron chi connectivity index (χ2n) is 3.34. The number of pyridine rings is 1. The van der Waals surface area contributed by atoms with Crippen LogP contribution < -0.4 is 10.5 Å². The Hall–Kier alpha value is -2.11. The summed E-state index contributed by atoms with van der Waals surface area (Å²) in [5.74, 6) is -1.15. The Kier molecular flexibility index (Phi) is 3.82. The van der Waals surface area contributed by atoms with Crippen molar-refractivity contribution in [2.45, 2.75) is 6.92 Å². The number of hydrogen-bond donors (Lipinski definition) is 3. The Balaban J connectivity index is 2.56. The van der Waals surface area contributed by atoms with Gasteiger partial charge in [-0.25, -0.2) is 4.98 Å². The number of aliphatic carboxylic acids is 1. The summed E-state index contributed by atoms with van der Waals surface area (Å²) in [4.78, 5) is 14.4. The molecule has 0 aliphatic carbocycles. The number of carbonyl (C=O) groups is 1. The number of nitrogens with zero attached hydrogens (tertiary/aromatic N) is 1. The molecule has 0 bridgehead atoms. The van der Waals surface area contributed by atoms with Crippen LogP contribution in [0.15, 0.2) is 18.3 Å². The molecule has 1 rings (SSSR count). The third-order valence-electron chi connectivity index (χ3n) is 1.93. The summed E-state index contributed by atoms with van der Waals surface area (Å²) in [5.41, 5.74) is 5.59. The van der Waals surface area contributed by atoms with Gasteiger partial charge in [-0.1, -0.05) is 0 Å². The van der Waals surface area contributed by atoms with Gasteiger partial charge in [-0.05, 0) is 19.1 Å². The van der Waals surface area contributed by atoms with Gasteiger partial charge in [0.05, 0.1) is 12.1 Å². The van der Waals surface area contributed by atoms with Crippen LogP contribution in [-0.4, -0.2) is 28.5 Å². The minimum Gasteiger partial charge on any atom is -0.491 e. The quantitative estimate of drug-likeness (QED) is 0.496. The lowest BCUT2D eigenvalue weighted by molar-refractivity contribution is -0.142. The second-order valence-corrected chi connectivity index (χ2v) is 3.34. The summed E-state index contributed by atoms with van der Waals surface area (Å²) in [5, 5.41) is 15.8. The first-order chi connectivity index (χ1) is 7.50. The molecule has 0 radical (unpaired) electrons. The molecule has 4 N–H and O–H groups in total. The zero-order chi connectivity index (χ0) is 12.1. The van der Waals surface area contributed by atoms with Gasteiger partial charge < -0.3 is 15.6 Å². The van der Waals surface area contributed by atoms with E-state index in [1.165, 1.54) is 6.20 Å². The van der Waals surface area contributed by atoms with E-state index in [2.05, 4.69) is 4.98 Å². The van der Waals surface area contributed by atoms with Gasteiger partial charge in [0.15, 0.2) is 0 Å². The van der Waals surface area contributed by atoms with Crippen molar-refractivity contribution < 1.29 is 14.6 Å². The highest BCUT2D eigenvalue weighted by Gasteiger charge is 2.11. The lowest BCUT2D eigenvalue weighted by atomic mass is 10.2. The third kappa shape index (κ3) is 3.23. The maximum Gasteiger partial charge on any atom is 0.309 e. The Labute approximate surface area is 92.6 Å². The maximum absolute atomic E-state index is 10.5. The minimum atomic E-state index is -0.909. The summed E-state index contributed by atoms with van der Waals surface area (Å²) in [6, 6.07) is 3.14. The number of aromatic nitrogens is 1. The predicted octanol–water partition coefficient (Wildman–Crippen LogP) is 0.465. The molecule has 6 nitrogen and oxygen atoms in total. The monoisotopic (exact) mass is 223 g/mol. The number of nitrogens with one attached hydrogen (secondary N) is 1. The highest BCUT2D eigenvalue weighted by atomic mass is 16.5. The molecule has 6 heteroatoms. The molecular formula is C10H13N3O3. The Morgan fingerprint density at radius 2 is 2.38 bits per heavy atom.